The molecule has 1 unspecified atom stereocenters. The van der Waals surface area contributed by atoms with Gasteiger partial charge in [-0.05, 0) is 54.1 Å². The third kappa shape index (κ3) is 8.75. The van der Waals surface area contributed by atoms with E-state index in [0.29, 0.717) is 16.4 Å². The monoisotopic (exact) mass is 684 g/mol. The van der Waals surface area contributed by atoms with Gasteiger partial charge in [0.2, 0.25) is 5.91 Å². The molecule has 0 aliphatic heterocycles. The van der Waals surface area contributed by atoms with Crippen LogP contribution < -0.4 is 16.0 Å². The zero-order chi connectivity index (χ0) is 34.0. The zero-order valence-electron chi connectivity index (χ0n) is 25.9. The van der Waals surface area contributed by atoms with Crippen molar-refractivity contribution in [2.45, 2.75) is 10.1 Å². The van der Waals surface area contributed by atoms with Crippen LogP contribution in [0.1, 0.15) is 26.7 Å². The summed E-state index contributed by atoms with van der Waals surface area (Å²) in [5.74, 6) is -1.90. The molecule has 0 bridgehead atoms. The number of carbonyl (C=O) groups is 3. The summed E-state index contributed by atoms with van der Waals surface area (Å²) in [6, 6.07) is 40.6. The molecule has 0 aliphatic rings. The van der Waals surface area contributed by atoms with Crippen molar-refractivity contribution in [1.29, 1.82) is 0 Å². The Morgan fingerprint density at radius 2 is 1.37 bits per heavy atom. The van der Waals surface area contributed by atoms with Crippen LogP contribution in [0.3, 0.4) is 0 Å². The van der Waals surface area contributed by atoms with Crippen molar-refractivity contribution in [3.05, 3.63) is 173 Å². The van der Waals surface area contributed by atoms with Crippen molar-refractivity contribution in [2.75, 3.05) is 10.6 Å². The maximum absolute atomic E-state index is 14.5. The normalized spacial score (nSPS) is 11.7. The van der Waals surface area contributed by atoms with Gasteiger partial charge in [0, 0.05) is 32.7 Å². The van der Waals surface area contributed by atoms with Crippen LogP contribution >= 0.6 is 23.1 Å². The third-order valence-corrected chi connectivity index (χ3v) is 9.27. The number of halogens is 1. The lowest BCUT2D eigenvalue weighted by Gasteiger charge is -2.17. The van der Waals surface area contributed by atoms with E-state index in [1.807, 2.05) is 66.0 Å². The fraction of sp³-hybridized carbons (Fsp3) is 0.0256. The molecule has 0 spiro atoms. The molecule has 3 amide bonds. The van der Waals surface area contributed by atoms with E-state index >= 15 is 0 Å². The number of rotatable bonds is 11. The van der Waals surface area contributed by atoms with Gasteiger partial charge in [0.05, 0.1) is 5.69 Å². The summed E-state index contributed by atoms with van der Waals surface area (Å²) in [6.07, 6.45) is 1.30. The van der Waals surface area contributed by atoms with Crippen LogP contribution in [0, 0.1) is 5.82 Å². The Labute approximate surface area is 290 Å². The molecule has 0 fully saturated rings. The number of thiazole rings is 1. The Morgan fingerprint density at radius 1 is 0.735 bits per heavy atom. The van der Waals surface area contributed by atoms with Crippen molar-refractivity contribution in [3.63, 3.8) is 0 Å². The zero-order valence-corrected chi connectivity index (χ0v) is 27.5. The SMILES string of the molecule is O=C(Nc1ccc(SC(C(=O)Nc2nc(-c3ccccc3)cs2)c2ccccc2)cc1)/C(=C/c1ccccc1F)NC(=O)c1ccccc1. The largest absolute Gasteiger partial charge is 0.321 e. The van der Waals surface area contributed by atoms with Crippen molar-refractivity contribution >= 4 is 57.7 Å². The second-order valence-corrected chi connectivity index (χ2v) is 12.7. The van der Waals surface area contributed by atoms with Gasteiger partial charge in [-0.25, -0.2) is 9.37 Å². The number of benzene rings is 5. The van der Waals surface area contributed by atoms with Crippen molar-refractivity contribution in [2.24, 2.45) is 0 Å². The lowest BCUT2D eigenvalue weighted by atomic mass is 10.1. The van der Waals surface area contributed by atoms with Gasteiger partial charge in [-0.15, -0.1) is 23.1 Å². The van der Waals surface area contributed by atoms with E-state index in [-0.39, 0.29) is 17.2 Å². The van der Waals surface area contributed by atoms with Gasteiger partial charge in [0.15, 0.2) is 5.13 Å². The molecule has 0 saturated heterocycles. The summed E-state index contributed by atoms with van der Waals surface area (Å²) >= 11 is 2.72. The number of thioether (sulfide) groups is 1. The summed E-state index contributed by atoms with van der Waals surface area (Å²) in [7, 11) is 0. The summed E-state index contributed by atoms with van der Waals surface area (Å²) < 4.78 is 14.5. The average Bonchev–Trinajstić information content (AvgIpc) is 3.61. The van der Waals surface area contributed by atoms with Crippen molar-refractivity contribution in [3.8, 4) is 11.3 Å². The number of nitrogens with one attached hydrogen (secondary N) is 3. The predicted molar refractivity (Wildman–Crippen MR) is 195 cm³/mol. The molecule has 7 nitrogen and oxygen atoms in total. The van der Waals surface area contributed by atoms with Gasteiger partial charge in [0.1, 0.15) is 16.8 Å². The molecular formula is C39H29FN4O3S2. The third-order valence-electron chi connectivity index (χ3n) is 7.24. The standard InChI is InChI=1S/C39H29FN4O3S2/c40-32-19-11-10-18-29(32)24-33(42-36(45)28-16-8-3-9-17-28)37(46)41-30-20-22-31(23-21-30)49-35(27-14-6-2-7-15-27)38(47)44-39-43-34(25-48-39)26-12-4-1-5-13-26/h1-25,35H,(H,41,46)(H,42,45)(H,43,44,47)/b33-24-. The Bertz CT molecular complexity index is 2090. The van der Waals surface area contributed by atoms with Crippen molar-refractivity contribution in [1.82, 2.24) is 10.3 Å². The van der Waals surface area contributed by atoms with E-state index in [9.17, 15) is 18.8 Å². The number of hydrogen-bond acceptors (Lipinski definition) is 6. The minimum Gasteiger partial charge on any atom is -0.321 e. The Balaban J connectivity index is 1.17. The maximum atomic E-state index is 14.5. The summed E-state index contributed by atoms with van der Waals surface area (Å²) in [6.45, 7) is 0. The lowest BCUT2D eigenvalue weighted by molar-refractivity contribution is -0.116. The first-order valence-electron chi connectivity index (χ1n) is 15.2. The first-order chi connectivity index (χ1) is 23.9. The van der Waals surface area contributed by atoms with E-state index in [4.69, 9.17) is 0 Å². The van der Waals surface area contributed by atoms with E-state index < -0.39 is 22.9 Å². The second kappa shape index (κ2) is 15.8. The van der Waals surface area contributed by atoms with Gasteiger partial charge in [-0.3, -0.25) is 14.4 Å². The maximum Gasteiger partial charge on any atom is 0.272 e. The Kier molecular flexibility index (Phi) is 10.7. The van der Waals surface area contributed by atoms with Crippen LogP contribution in [0.4, 0.5) is 15.2 Å². The number of hydrogen-bond donors (Lipinski definition) is 3. The van der Waals surface area contributed by atoms with E-state index in [1.54, 1.807) is 66.7 Å². The minimum absolute atomic E-state index is 0.129. The van der Waals surface area contributed by atoms with Crippen LogP contribution in [-0.2, 0) is 9.59 Å². The molecule has 0 aliphatic carbocycles. The number of carbonyl (C=O) groups excluding carboxylic acids is 3. The van der Waals surface area contributed by atoms with Gasteiger partial charge < -0.3 is 16.0 Å². The molecule has 0 saturated carbocycles. The van der Waals surface area contributed by atoms with Crippen LogP contribution in [0.15, 0.2) is 155 Å². The summed E-state index contributed by atoms with van der Waals surface area (Å²) in [5, 5.41) is 10.2. The number of amides is 3. The molecule has 5 aromatic carbocycles. The summed E-state index contributed by atoms with van der Waals surface area (Å²) in [5.41, 5.74) is 3.38. The number of nitrogens with zero attached hydrogens (tertiary/aromatic N) is 1. The van der Waals surface area contributed by atoms with Crippen LogP contribution in [-0.4, -0.2) is 22.7 Å². The van der Waals surface area contributed by atoms with Gasteiger partial charge in [-0.2, -0.15) is 0 Å². The van der Waals surface area contributed by atoms with Crippen LogP contribution in [0.5, 0.6) is 0 Å². The molecule has 49 heavy (non-hydrogen) atoms. The van der Waals surface area contributed by atoms with Gasteiger partial charge in [-0.1, -0.05) is 97.1 Å². The highest BCUT2D eigenvalue weighted by atomic mass is 32.2. The van der Waals surface area contributed by atoms with E-state index in [2.05, 4.69) is 20.9 Å². The van der Waals surface area contributed by atoms with E-state index in [1.165, 1.54) is 41.3 Å². The molecular weight excluding hydrogens is 656 g/mol. The predicted octanol–water partition coefficient (Wildman–Crippen LogP) is 8.83. The fourth-order valence-corrected chi connectivity index (χ4v) is 6.53. The molecule has 3 N–H and O–H groups in total. The first kappa shape index (κ1) is 33.1. The number of anilines is 2. The highest BCUT2D eigenvalue weighted by Gasteiger charge is 2.24. The number of aromatic nitrogens is 1. The molecule has 242 valence electrons. The first-order valence-corrected chi connectivity index (χ1v) is 17.0. The Hall–Kier alpha value is -5.84. The molecule has 1 atom stereocenters. The van der Waals surface area contributed by atoms with E-state index in [0.717, 1.165) is 21.7 Å². The van der Waals surface area contributed by atoms with Gasteiger partial charge in [0.25, 0.3) is 11.8 Å². The van der Waals surface area contributed by atoms with Crippen LogP contribution in [0.25, 0.3) is 17.3 Å². The molecule has 1 heterocycles. The highest BCUT2D eigenvalue weighted by Crippen LogP contribution is 2.37. The molecule has 1 aromatic heterocycles. The Morgan fingerprint density at radius 3 is 2.06 bits per heavy atom. The van der Waals surface area contributed by atoms with Crippen molar-refractivity contribution < 1.29 is 18.8 Å². The second-order valence-electron chi connectivity index (χ2n) is 10.7. The average molecular weight is 685 g/mol. The molecule has 6 rings (SSSR count). The summed E-state index contributed by atoms with van der Waals surface area (Å²) in [4.78, 5) is 45.4. The topological polar surface area (TPSA) is 100 Å². The quantitative estimate of drug-likeness (QED) is 0.0936. The van der Waals surface area contributed by atoms with Gasteiger partial charge >= 0.3 is 0 Å². The highest BCUT2D eigenvalue weighted by molar-refractivity contribution is 8.00. The van der Waals surface area contributed by atoms with Crippen LogP contribution in [0.2, 0.25) is 0 Å². The molecule has 0 radical (unpaired) electrons. The lowest BCUT2D eigenvalue weighted by Crippen LogP contribution is -2.30. The molecule has 10 heteroatoms. The smallest absolute Gasteiger partial charge is 0.272 e. The fourth-order valence-electron chi connectivity index (χ4n) is 4.79. The minimum atomic E-state index is -0.632. The molecule has 6 aromatic rings.